The molecule has 0 spiro atoms. The van der Waals surface area contributed by atoms with Crippen LogP contribution in [0.4, 0.5) is 0 Å². The second-order valence-electron chi connectivity index (χ2n) is 20.9. The number of carbonyl (C=O) groups excluding carboxylic acids is 1. The summed E-state index contributed by atoms with van der Waals surface area (Å²) in [6, 6.07) is 1.86. The quantitative estimate of drug-likeness (QED) is 0.0430. The van der Waals surface area contributed by atoms with Crippen molar-refractivity contribution in [3.8, 4) is 5.75 Å². The fourth-order valence-electron chi connectivity index (χ4n) is 10.1. The Morgan fingerprint density at radius 1 is 0.647 bits per heavy atom. The van der Waals surface area contributed by atoms with Gasteiger partial charge in [-0.1, -0.05) is 182 Å². The van der Waals surface area contributed by atoms with Crippen molar-refractivity contribution in [1.29, 1.82) is 0 Å². The molecule has 1 aromatic rings. The lowest BCUT2D eigenvalue weighted by atomic mass is 9.77. The third kappa shape index (κ3) is 21.0. The number of benzene rings is 1. The highest BCUT2D eigenvalue weighted by Gasteiger charge is 2.36. The maximum Gasteiger partial charge on any atom is 0.196 e. The van der Waals surface area contributed by atoms with Crippen molar-refractivity contribution >= 4 is 60.6 Å². The second kappa shape index (κ2) is 34.2. The molecule has 68 heavy (non-hydrogen) atoms. The number of phenols is 1. The molecule has 2 unspecified atom stereocenters. The summed E-state index contributed by atoms with van der Waals surface area (Å²) in [5, 5.41) is 9.48. The topological polar surface area (TPSA) is 94.5 Å². The van der Waals surface area contributed by atoms with Crippen molar-refractivity contribution in [2.75, 3.05) is 24.6 Å². The van der Waals surface area contributed by atoms with E-state index in [-0.39, 0.29) is 23.4 Å². The molecule has 0 radical (unpaired) electrons. The van der Waals surface area contributed by atoms with Crippen molar-refractivity contribution in [3.05, 3.63) is 78.8 Å². The Kier molecular flexibility index (Phi) is 31.6. The van der Waals surface area contributed by atoms with Gasteiger partial charge in [-0.3, -0.25) is 4.79 Å². The number of phenolic OH excluding ortho intramolecular Hbond substituents is 1. The lowest BCUT2D eigenvalue weighted by Gasteiger charge is -2.33. The molecule has 0 amide bonds. The van der Waals surface area contributed by atoms with Crippen LogP contribution in [0.3, 0.4) is 0 Å². The van der Waals surface area contributed by atoms with Gasteiger partial charge in [0, 0.05) is 18.8 Å². The minimum Gasteiger partial charge on any atom is -0.747 e. The van der Waals surface area contributed by atoms with Gasteiger partial charge in [-0.05, 0) is 154 Å². The molecule has 5 nitrogen and oxygen atoms in total. The fourth-order valence-corrected chi connectivity index (χ4v) is 16.8. The number of carbonyl (C=O) groups is 1. The summed E-state index contributed by atoms with van der Waals surface area (Å²) < 4.78 is 38.0. The number of aromatic hydroxyl groups is 1. The van der Waals surface area contributed by atoms with E-state index in [1.807, 2.05) is 53.7 Å². The van der Waals surface area contributed by atoms with Gasteiger partial charge in [-0.2, -0.15) is 0 Å². The van der Waals surface area contributed by atoms with E-state index in [4.69, 9.17) is 0 Å². The van der Waals surface area contributed by atoms with Crippen molar-refractivity contribution in [1.82, 2.24) is 0 Å². The smallest absolute Gasteiger partial charge is 0.196 e. The molecular formula is C59H97Br2O5PS. The number of hydrogen-bond donors (Lipinski definition) is 1. The largest absolute Gasteiger partial charge is 0.747 e. The number of rotatable bonds is 33. The average molecular weight is 1110 g/mol. The Morgan fingerprint density at radius 2 is 1.04 bits per heavy atom. The molecular weight excluding hydrogens is 1010 g/mol. The number of allylic oxidation sites excluding steroid dienone is 9. The molecule has 1 N–H and O–H groups in total. The van der Waals surface area contributed by atoms with E-state index in [1.165, 1.54) is 134 Å². The van der Waals surface area contributed by atoms with Crippen LogP contribution in [0.15, 0.2) is 62.1 Å². The summed E-state index contributed by atoms with van der Waals surface area (Å²) in [6.07, 6.45) is 50.3. The lowest BCUT2D eigenvalue weighted by Crippen LogP contribution is -2.30. The first-order valence-electron chi connectivity index (χ1n) is 27.5. The second-order valence-corrected chi connectivity index (χ2v) is 28.5. The van der Waals surface area contributed by atoms with Gasteiger partial charge in [-0.15, -0.1) is 0 Å². The number of unbranched alkanes of at least 4 members (excludes halogenated alkanes) is 20. The van der Waals surface area contributed by atoms with Crippen molar-refractivity contribution in [3.63, 3.8) is 0 Å². The van der Waals surface area contributed by atoms with Crippen LogP contribution in [-0.2, 0) is 14.9 Å². The third-order valence-corrected chi connectivity index (χ3v) is 22.6. The van der Waals surface area contributed by atoms with E-state index in [1.54, 1.807) is 68.6 Å². The standard InChI is InChI=1S/C32H68P.C27H30Br2O5S/c1-5-9-13-17-18-19-20-21-22-23-24-28-32-33(29-25-14-10-6-2,30-26-15-11-7-3)31-27-16-12-8-4;1-13(2)18-11-20(15(5)24(28)26(18)30)23(17-9-7-8-10-22(17)35(32,33)34)21-12-19(14(3)4)27(31)25(29)16(21)6/h5-32H2,1-4H3;7-14,17,22,30H,1-6H3,(H,32,33,34)/q+1;/p-1. The molecule has 2 aliphatic rings. The zero-order chi connectivity index (χ0) is 50.7. The molecule has 0 saturated carbocycles. The maximum absolute atomic E-state index is 13.0. The predicted molar refractivity (Wildman–Crippen MR) is 306 cm³/mol. The van der Waals surface area contributed by atoms with Gasteiger partial charge in [0.15, 0.2) is 5.78 Å². The highest BCUT2D eigenvalue weighted by atomic mass is 79.9. The SMILES string of the molecule is CC1=C(Br)C(=O)C(C(C)C)=CC1=C(c1cc(C(C)C)c(O)c(Br)c1C)C1C=CC=CC1S(=O)(=O)[O-].CCCCCCCCCCCCCC[P+](CCCCCC)(CCCCCC)CCCCCC. The summed E-state index contributed by atoms with van der Waals surface area (Å²) >= 11 is 6.98. The summed E-state index contributed by atoms with van der Waals surface area (Å²) in [5.74, 6) is -0.863. The molecule has 2 aliphatic carbocycles. The van der Waals surface area contributed by atoms with Crippen LogP contribution < -0.4 is 0 Å². The van der Waals surface area contributed by atoms with Crippen LogP contribution in [0.25, 0.3) is 5.57 Å². The van der Waals surface area contributed by atoms with Crippen molar-refractivity contribution in [2.24, 2.45) is 11.8 Å². The zero-order valence-electron chi connectivity index (χ0n) is 44.8. The minimum absolute atomic E-state index is 0.0178. The fraction of sp³-hybridized carbons (Fsp3) is 0.712. The first kappa shape index (κ1) is 62.8. The molecule has 0 fully saturated rings. The van der Waals surface area contributed by atoms with E-state index < -0.39 is 28.5 Å². The van der Waals surface area contributed by atoms with Crippen molar-refractivity contribution < 1.29 is 22.9 Å². The maximum atomic E-state index is 13.0. The first-order valence-corrected chi connectivity index (χ1v) is 33.1. The average Bonchev–Trinajstić information content (AvgIpc) is 3.30. The predicted octanol–water partition coefficient (Wildman–Crippen LogP) is 19.3. The Hall–Kier alpha value is -1.31. The number of halogens is 2. The van der Waals surface area contributed by atoms with Crippen LogP contribution in [0.1, 0.15) is 239 Å². The molecule has 388 valence electrons. The molecule has 0 bridgehead atoms. The van der Waals surface area contributed by atoms with E-state index in [9.17, 15) is 22.9 Å². The number of Topliss-reactive ketones (excluding diaryl/α,β-unsaturated/α-hetero) is 1. The Balaban J connectivity index is 0.000000468. The highest BCUT2D eigenvalue weighted by Crippen LogP contribution is 2.61. The van der Waals surface area contributed by atoms with Crippen LogP contribution in [0.2, 0.25) is 0 Å². The molecule has 2 atom stereocenters. The number of ketones is 1. The summed E-state index contributed by atoms with van der Waals surface area (Å²) in [4.78, 5) is 13.0. The molecule has 9 heteroatoms. The van der Waals surface area contributed by atoms with Gasteiger partial charge in [0.25, 0.3) is 0 Å². The monoisotopic (exact) mass is 1110 g/mol. The van der Waals surface area contributed by atoms with Crippen molar-refractivity contribution in [2.45, 2.75) is 235 Å². The van der Waals surface area contributed by atoms with Crippen LogP contribution >= 0.6 is 39.1 Å². The van der Waals surface area contributed by atoms with E-state index in [2.05, 4.69) is 59.6 Å². The van der Waals surface area contributed by atoms with Gasteiger partial charge in [0.05, 0.1) is 38.9 Å². The van der Waals surface area contributed by atoms with Gasteiger partial charge < -0.3 is 9.66 Å². The molecule has 0 heterocycles. The zero-order valence-corrected chi connectivity index (χ0v) is 49.6. The summed E-state index contributed by atoms with van der Waals surface area (Å²) in [6.45, 7) is 20.8. The van der Waals surface area contributed by atoms with Gasteiger partial charge in [-0.25, -0.2) is 8.42 Å². The Bertz CT molecular complexity index is 1890. The molecule has 3 rings (SSSR count). The Morgan fingerprint density at radius 3 is 1.44 bits per heavy atom. The van der Waals surface area contributed by atoms with Gasteiger partial charge >= 0.3 is 0 Å². The third-order valence-electron chi connectivity index (χ3n) is 14.5. The molecule has 0 saturated heterocycles. The first-order chi connectivity index (χ1) is 32.4. The van der Waals surface area contributed by atoms with Gasteiger partial charge in [0.1, 0.15) is 15.9 Å². The summed E-state index contributed by atoms with van der Waals surface area (Å²) in [5.41, 5.74) is 4.66. The summed E-state index contributed by atoms with van der Waals surface area (Å²) in [7, 11) is -5.39. The van der Waals surface area contributed by atoms with E-state index >= 15 is 0 Å². The molecule has 0 aromatic heterocycles. The minimum atomic E-state index is -4.69. The van der Waals surface area contributed by atoms with E-state index in [0.29, 0.717) is 47.9 Å². The van der Waals surface area contributed by atoms with E-state index in [0.717, 1.165) is 0 Å². The Labute approximate surface area is 436 Å². The van der Waals surface area contributed by atoms with Crippen LogP contribution in [0.5, 0.6) is 5.75 Å². The van der Waals surface area contributed by atoms with Crippen LogP contribution in [0, 0.1) is 18.8 Å². The molecule has 1 aromatic carbocycles. The normalized spacial score (nSPS) is 17.3. The van der Waals surface area contributed by atoms with Gasteiger partial charge in [0.2, 0.25) is 0 Å². The number of hydrogen-bond acceptors (Lipinski definition) is 5. The van der Waals surface area contributed by atoms with Crippen LogP contribution in [-0.4, -0.2) is 53.8 Å². The molecule has 0 aliphatic heterocycles. The lowest BCUT2D eigenvalue weighted by molar-refractivity contribution is -0.112. The highest BCUT2D eigenvalue weighted by molar-refractivity contribution is 9.12.